The van der Waals surface area contributed by atoms with Crippen molar-refractivity contribution in [2.45, 2.75) is 44.6 Å². The van der Waals surface area contributed by atoms with E-state index in [0.29, 0.717) is 24.9 Å². The second kappa shape index (κ2) is 6.93. The van der Waals surface area contributed by atoms with Crippen LogP contribution in [0, 0.1) is 17.4 Å². The Morgan fingerprint density at radius 3 is 2.84 bits per heavy atom. The van der Waals surface area contributed by atoms with Crippen LogP contribution in [0.2, 0.25) is 0 Å². The summed E-state index contributed by atoms with van der Waals surface area (Å²) in [6, 6.07) is -0.205. The highest BCUT2D eigenvalue weighted by atomic mass is 32.1. The standard InChI is InChI=1S/C18H25N5OS/c1-13-4-2-3-5-14(13)16-10-20-18(25-16)23-9-8-22-7-6-21(12-19)11-15(22)17(23)24/h10,13-15H,2-9,11H2,1H3/t13-,14+,15-/m1/s1. The molecular weight excluding hydrogens is 334 g/mol. The maximum atomic E-state index is 13.0. The number of anilines is 1. The lowest BCUT2D eigenvalue weighted by Gasteiger charge is -2.44. The molecule has 2 aliphatic heterocycles. The fourth-order valence-corrected chi connectivity index (χ4v) is 5.65. The van der Waals surface area contributed by atoms with E-state index in [2.05, 4.69) is 23.0 Å². The van der Waals surface area contributed by atoms with Gasteiger partial charge in [-0.2, -0.15) is 5.26 Å². The predicted octanol–water partition coefficient (Wildman–Crippen LogP) is 2.25. The molecule has 3 fully saturated rings. The number of hydrogen-bond donors (Lipinski definition) is 0. The van der Waals surface area contributed by atoms with Crippen molar-refractivity contribution in [2.75, 3.05) is 37.6 Å². The Morgan fingerprint density at radius 1 is 1.24 bits per heavy atom. The maximum absolute atomic E-state index is 13.0. The molecule has 0 bridgehead atoms. The average Bonchev–Trinajstić information content (AvgIpc) is 3.12. The molecule has 1 aromatic rings. The van der Waals surface area contributed by atoms with Crippen molar-refractivity contribution in [3.8, 4) is 6.19 Å². The third kappa shape index (κ3) is 3.13. The van der Waals surface area contributed by atoms with Crippen LogP contribution in [0.3, 0.4) is 0 Å². The Morgan fingerprint density at radius 2 is 2.04 bits per heavy atom. The number of nitriles is 1. The summed E-state index contributed by atoms with van der Waals surface area (Å²) < 4.78 is 0. The van der Waals surface area contributed by atoms with Gasteiger partial charge in [0.2, 0.25) is 5.91 Å². The zero-order chi connectivity index (χ0) is 17.4. The summed E-state index contributed by atoms with van der Waals surface area (Å²) in [6.45, 7) is 5.93. The highest BCUT2D eigenvalue weighted by Gasteiger charge is 2.40. The summed E-state index contributed by atoms with van der Waals surface area (Å²) >= 11 is 1.70. The van der Waals surface area contributed by atoms with Crippen molar-refractivity contribution in [2.24, 2.45) is 5.92 Å². The lowest BCUT2D eigenvalue weighted by Crippen LogP contribution is -2.64. The third-order valence-corrected chi connectivity index (χ3v) is 7.17. The van der Waals surface area contributed by atoms with Crippen LogP contribution in [-0.4, -0.2) is 59.5 Å². The van der Waals surface area contributed by atoms with Gasteiger partial charge in [0.05, 0.1) is 6.54 Å². The molecule has 7 heteroatoms. The third-order valence-electron chi connectivity index (χ3n) is 6.01. The SMILES string of the molecule is C[C@@H]1CCCC[C@@H]1c1cnc(N2CCN3CCN(C#N)C[C@@H]3C2=O)s1. The van der Waals surface area contributed by atoms with Gasteiger partial charge in [-0.25, -0.2) is 4.98 Å². The number of hydrogen-bond acceptors (Lipinski definition) is 6. The molecule has 2 saturated heterocycles. The van der Waals surface area contributed by atoms with Gasteiger partial charge in [0, 0.05) is 37.3 Å². The molecule has 0 spiro atoms. The van der Waals surface area contributed by atoms with E-state index in [9.17, 15) is 4.79 Å². The van der Waals surface area contributed by atoms with Gasteiger partial charge in [-0.15, -0.1) is 11.3 Å². The molecule has 25 heavy (non-hydrogen) atoms. The number of aromatic nitrogens is 1. The second-order valence-electron chi connectivity index (χ2n) is 7.50. The Bertz CT molecular complexity index is 683. The molecule has 1 saturated carbocycles. The first-order valence-electron chi connectivity index (χ1n) is 9.33. The summed E-state index contributed by atoms with van der Waals surface area (Å²) in [5, 5.41) is 9.98. The van der Waals surface area contributed by atoms with Gasteiger partial charge in [-0.1, -0.05) is 26.2 Å². The summed E-state index contributed by atoms with van der Waals surface area (Å²) in [7, 11) is 0. The summed E-state index contributed by atoms with van der Waals surface area (Å²) in [6.07, 6.45) is 9.35. The number of fused-ring (bicyclic) bond motifs is 1. The van der Waals surface area contributed by atoms with Crippen molar-refractivity contribution in [1.29, 1.82) is 5.26 Å². The summed E-state index contributed by atoms with van der Waals surface area (Å²) in [4.78, 5) is 24.7. The smallest absolute Gasteiger partial charge is 0.248 e. The lowest BCUT2D eigenvalue weighted by molar-refractivity contribution is -0.127. The van der Waals surface area contributed by atoms with E-state index in [1.54, 1.807) is 16.2 Å². The fourth-order valence-electron chi connectivity index (χ4n) is 4.43. The monoisotopic (exact) mass is 359 g/mol. The van der Waals surface area contributed by atoms with Crippen LogP contribution in [-0.2, 0) is 4.79 Å². The predicted molar refractivity (Wildman–Crippen MR) is 97.4 cm³/mol. The Labute approximate surface area is 153 Å². The van der Waals surface area contributed by atoms with E-state index < -0.39 is 0 Å². The van der Waals surface area contributed by atoms with E-state index >= 15 is 0 Å². The first kappa shape index (κ1) is 16.8. The van der Waals surface area contributed by atoms with E-state index in [1.165, 1.54) is 30.6 Å². The van der Waals surface area contributed by atoms with E-state index in [1.807, 2.05) is 11.1 Å². The van der Waals surface area contributed by atoms with Crippen molar-refractivity contribution in [3.63, 3.8) is 0 Å². The number of rotatable bonds is 2. The van der Waals surface area contributed by atoms with Crippen LogP contribution in [0.25, 0.3) is 0 Å². The van der Waals surface area contributed by atoms with Crippen LogP contribution < -0.4 is 4.90 Å². The van der Waals surface area contributed by atoms with Crippen molar-refractivity contribution in [3.05, 3.63) is 11.1 Å². The highest BCUT2D eigenvalue weighted by molar-refractivity contribution is 7.15. The minimum absolute atomic E-state index is 0.101. The molecule has 4 rings (SSSR count). The van der Waals surface area contributed by atoms with Gasteiger partial charge in [-0.3, -0.25) is 14.6 Å². The van der Waals surface area contributed by atoms with Gasteiger partial charge in [0.25, 0.3) is 0 Å². The molecule has 1 aromatic heterocycles. The lowest BCUT2D eigenvalue weighted by atomic mass is 9.80. The molecule has 134 valence electrons. The van der Waals surface area contributed by atoms with Crippen molar-refractivity contribution < 1.29 is 4.79 Å². The summed E-state index contributed by atoms with van der Waals surface area (Å²) in [5.41, 5.74) is 0. The zero-order valence-corrected chi connectivity index (χ0v) is 15.5. The van der Waals surface area contributed by atoms with Crippen LogP contribution >= 0.6 is 11.3 Å². The Kier molecular flexibility index (Phi) is 4.65. The fraction of sp³-hybridized carbons (Fsp3) is 0.722. The number of carbonyl (C=O) groups excluding carboxylic acids is 1. The van der Waals surface area contributed by atoms with E-state index in [-0.39, 0.29) is 11.9 Å². The number of piperazine rings is 2. The number of nitrogens with zero attached hydrogens (tertiary/aromatic N) is 5. The maximum Gasteiger partial charge on any atom is 0.248 e. The minimum atomic E-state index is -0.205. The van der Waals surface area contributed by atoms with Gasteiger partial charge in [-0.05, 0) is 18.3 Å². The van der Waals surface area contributed by atoms with Crippen LogP contribution in [0.4, 0.5) is 5.13 Å². The largest absolute Gasteiger partial charge is 0.307 e. The number of amides is 1. The van der Waals surface area contributed by atoms with Crippen molar-refractivity contribution >= 4 is 22.4 Å². The zero-order valence-electron chi connectivity index (χ0n) is 14.7. The molecule has 0 aromatic carbocycles. The van der Waals surface area contributed by atoms with Gasteiger partial charge >= 0.3 is 0 Å². The highest BCUT2D eigenvalue weighted by Crippen LogP contribution is 2.41. The van der Waals surface area contributed by atoms with Gasteiger partial charge in [0.1, 0.15) is 6.04 Å². The number of carbonyl (C=O) groups is 1. The topological polar surface area (TPSA) is 63.5 Å². The molecular formula is C18H25N5OS. The molecule has 3 atom stereocenters. The quantitative estimate of drug-likeness (QED) is 0.758. The summed E-state index contributed by atoms with van der Waals surface area (Å²) in [5.74, 6) is 1.40. The number of thiazole rings is 1. The Hall–Kier alpha value is -1.65. The molecule has 3 aliphatic rings. The molecule has 1 amide bonds. The van der Waals surface area contributed by atoms with Gasteiger partial charge in [0.15, 0.2) is 11.3 Å². The second-order valence-corrected chi connectivity index (χ2v) is 8.54. The first-order chi connectivity index (χ1) is 12.2. The van der Waals surface area contributed by atoms with Crippen molar-refractivity contribution in [1.82, 2.24) is 14.8 Å². The first-order valence-corrected chi connectivity index (χ1v) is 10.1. The van der Waals surface area contributed by atoms with E-state index in [0.717, 1.165) is 24.8 Å². The normalized spacial score (nSPS) is 30.9. The molecule has 6 nitrogen and oxygen atoms in total. The molecule has 0 unspecified atom stereocenters. The Balaban J connectivity index is 1.50. The molecule has 0 N–H and O–H groups in total. The minimum Gasteiger partial charge on any atom is -0.307 e. The molecule has 1 aliphatic carbocycles. The molecule has 3 heterocycles. The molecule has 0 radical (unpaired) electrons. The van der Waals surface area contributed by atoms with E-state index in [4.69, 9.17) is 5.26 Å². The van der Waals surface area contributed by atoms with Crippen LogP contribution in [0.15, 0.2) is 6.20 Å². The van der Waals surface area contributed by atoms with Crippen LogP contribution in [0.5, 0.6) is 0 Å². The van der Waals surface area contributed by atoms with Gasteiger partial charge < -0.3 is 4.90 Å². The van der Waals surface area contributed by atoms with Crippen LogP contribution in [0.1, 0.15) is 43.4 Å². The average molecular weight is 359 g/mol.